The van der Waals surface area contributed by atoms with Gasteiger partial charge in [0.1, 0.15) is 11.3 Å². The number of likely N-dealkylation sites (tertiary alicyclic amines) is 1. The summed E-state index contributed by atoms with van der Waals surface area (Å²) in [7, 11) is 0. The van der Waals surface area contributed by atoms with Crippen LogP contribution in [0.25, 0.3) is 11.3 Å². The first-order valence-electron chi connectivity index (χ1n) is 12.2. The molecular formula is C25H32N6O4. The van der Waals surface area contributed by atoms with Crippen LogP contribution in [0.5, 0.6) is 0 Å². The Balaban J connectivity index is 1.06. The number of rotatable bonds is 5. The van der Waals surface area contributed by atoms with Gasteiger partial charge in [-0.2, -0.15) is 5.11 Å². The van der Waals surface area contributed by atoms with Crippen LogP contribution in [0.1, 0.15) is 44.2 Å². The van der Waals surface area contributed by atoms with Gasteiger partial charge in [0.2, 0.25) is 5.76 Å². The van der Waals surface area contributed by atoms with Crippen LogP contribution in [-0.2, 0) is 4.74 Å². The van der Waals surface area contributed by atoms with E-state index in [1.165, 1.54) is 0 Å². The Morgan fingerprint density at radius 2 is 1.83 bits per heavy atom. The second-order valence-electron chi connectivity index (χ2n) is 10.7. The van der Waals surface area contributed by atoms with Gasteiger partial charge in [-0.15, -0.1) is 0 Å². The van der Waals surface area contributed by atoms with Crippen molar-refractivity contribution >= 4 is 12.0 Å². The lowest BCUT2D eigenvalue weighted by Gasteiger charge is -2.47. The van der Waals surface area contributed by atoms with Gasteiger partial charge in [0.05, 0.1) is 12.6 Å². The molecule has 2 fully saturated rings. The molecule has 5 rings (SSSR count). The fraction of sp³-hybridized carbons (Fsp3) is 0.560. The summed E-state index contributed by atoms with van der Waals surface area (Å²) in [6.07, 6.45) is 1.38. The Hall–Kier alpha value is -3.43. The summed E-state index contributed by atoms with van der Waals surface area (Å²) in [5.74, 6) is 0.734. The third kappa shape index (κ3) is 5.31. The number of amides is 2. The van der Waals surface area contributed by atoms with Gasteiger partial charge in [-0.05, 0) is 33.6 Å². The largest absolute Gasteiger partial charge is 0.444 e. The molecule has 1 aromatic heterocycles. The molecule has 2 aromatic rings. The van der Waals surface area contributed by atoms with E-state index < -0.39 is 5.60 Å². The van der Waals surface area contributed by atoms with E-state index in [0.29, 0.717) is 37.2 Å². The molecule has 35 heavy (non-hydrogen) atoms. The number of nitrogens with zero attached hydrogens (tertiary/aromatic N) is 5. The summed E-state index contributed by atoms with van der Waals surface area (Å²) in [6.45, 7) is 8.55. The zero-order valence-electron chi connectivity index (χ0n) is 20.4. The molecule has 1 atom stereocenters. The van der Waals surface area contributed by atoms with Crippen molar-refractivity contribution in [1.29, 1.82) is 0 Å². The van der Waals surface area contributed by atoms with E-state index in [9.17, 15) is 9.59 Å². The van der Waals surface area contributed by atoms with Crippen molar-refractivity contribution in [3.8, 4) is 11.3 Å². The van der Waals surface area contributed by atoms with E-state index in [-0.39, 0.29) is 29.8 Å². The van der Waals surface area contributed by atoms with Crippen molar-refractivity contribution in [3.05, 3.63) is 42.2 Å². The van der Waals surface area contributed by atoms with Crippen LogP contribution in [0.3, 0.4) is 0 Å². The Morgan fingerprint density at radius 3 is 2.54 bits per heavy atom. The van der Waals surface area contributed by atoms with Gasteiger partial charge in [0.25, 0.3) is 5.91 Å². The molecule has 2 amide bonds. The topological polar surface area (TPSA) is 113 Å². The van der Waals surface area contributed by atoms with Crippen LogP contribution >= 0.6 is 0 Å². The van der Waals surface area contributed by atoms with Crippen LogP contribution in [0.15, 0.2) is 51.3 Å². The SMILES string of the molecule is CC(C)(C)OC(=O)N1CC([C@@H]2CN=NN([C@H]3C[C@H](NC(=O)c4cc(-c5ccccc5)no4)C3)C2)C1. The second-order valence-corrected chi connectivity index (χ2v) is 10.7. The minimum atomic E-state index is -0.480. The van der Waals surface area contributed by atoms with Gasteiger partial charge in [-0.3, -0.25) is 9.80 Å². The molecule has 3 heterocycles. The van der Waals surface area contributed by atoms with Crippen molar-refractivity contribution in [2.24, 2.45) is 22.2 Å². The zero-order chi connectivity index (χ0) is 24.6. The molecule has 0 radical (unpaired) electrons. The highest BCUT2D eigenvalue weighted by Crippen LogP contribution is 2.33. The average Bonchev–Trinajstić information content (AvgIpc) is 3.25. The van der Waals surface area contributed by atoms with E-state index in [0.717, 1.165) is 24.9 Å². The van der Waals surface area contributed by atoms with Crippen LogP contribution in [-0.4, -0.2) is 70.9 Å². The molecule has 0 spiro atoms. The molecule has 0 bridgehead atoms. The molecule has 10 heteroatoms. The second kappa shape index (κ2) is 9.31. The highest BCUT2D eigenvalue weighted by Gasteiger charge is 2.42. The maximum Gasteiger partial charge on any atom is 0.410 e. The summed E-state index contributed by atoms with van der Waals surface area (Å²) >= 11 is 0. The molecule has 1 aliphatic carbocycles. The smallest absolute Gasteiger partial charge is 0.410 e. The third-order valence-electron chi connectivity index (χ3n) is 6.82. The molecule has 2 aliphatic heterocycles. The fourth-order valence-corrected chi connectivity index (χ4v) is 4.70. The lowest BCUT2D eigenvalue weighted by molar-refractivity contribution is -0.0235. The van der Waals surface area contributed by atoms with E-state index >= 15 is 0 Å². The highest BCUT2D eigenvalue weighted by atomic mass is 16.6. The third-order valence-corrected chi connectivity index (χ3v) is 6.82. The number of hydrogen-bond acceptors (Lipinski definition) is 8. The van der Waals surface area contributed by atoms with Crippen LogP contribution < -0.4 is 5.32 Å². The van der Waals surface area contributed by atoms with Gasteiger partial charge >= 0.3 is 6.09 Å². The molecule has 1 aromatic carbocycles. The first-order chi connectivity index (χ1) is 16.7. The maximum absolute atomic E-state index is 12.6. The number of nitrogens with one attached hydrogen (secondary N) is 1. The van der Waals surface area contributed by atoms with E-state index in [1.807, 2.05) is 51.1 Å². The molecule has 186 valence electrons. The first kappa shape index (κ1) is 23.3. The summed E-state index contributed by atoms with van der Waals surface area (Å²) in [6, 6.07) is 11.6. The minimum absolute atomic E-state index is 0.0692. The predicted octanol–water partition coefficient (Wildman–Crippen LogP) is 3.77. The van der Waals surface area contributed by atoms with Crippen molar-refractivity contribution in [2.45, 2.75) is 51.3 Å². The summed E-state index contributed by atoms with van der Waals surface area (Å²) < 4.78 is 10.7. The molecular weight excluding hydrogens is 448 g/mol. The van der Waals surface area contributed by atoms with Gasteiger partial charge in [-0.1, -0.05) is 40.7 Å². The standard InChI is InChI=1S/C25H32N6O4/c1-25(2,3)34-24(33)30-13-18(14-30)17-12-26-29-31(15-17)20-9-19(10-20)27-23(32)22-11-21(28-35-22)16-7-5-4-6-8-16/h4-8,11,17-20H,9-10,12-15H2,1-3H3,(H,27,32)/t17-,19-,20-/m1/s1. The maximum atomic E-state index is 12.6. The number of hydrogen-bond donors (Lipinski definition) is 1. The Bertz CT molecular complexity index is 1080. The Labute approximate surface area is 204 Å². The minimum Gasteiger partial charge on any atom is -0.444 e. The fourth-order valence-electron chi connectivity index (χ4n) is 4.70. The van der Waals surface area contributed by atoms with Crippen molar-refractivity contribution in [1.82, 2.24) is 20.4 Å². The van der Waals surface area contributed by atoms with Crippen LogP contribution in [0, 0.1) is 11.8 Å². The van der Waals surface area contributed by atoms with Crippen LogP contribution in [0.4, 0.5) is 4.79 Å². The zero-order valence-corrected chi connectivity index (χ0v) is 20.4. The van der Waals surface area contributed by atoms with Gasteiger partial charge in [0.15, 0.2) is 0 Å². The number of ether oxygens (including phenoxy) is 1. The first-order valence-corrected chi connectivity index (χ1v) is 12.2. The lowest BCUT2D eigenvalue weighted by atomic mass is 9.82. The Kier molecular flexibility index (Phi) is 6.21. The van der Waals surface area contributed by atoms with Crippen molar-refractivity contribution in [2.75, 3.05) is 26.2 Å². The van der Waals surface area contributed by atoms with E-state index in [4.69, 9.17) is 9.26 Å². The molecule has 10 nitrogen and oxygen atoms in total. The van der Waals surface area contributed by atoms with Crippen molar-refractivity contribution < 1.29 is 18.8 Å². The molecule has 1 saturated heterocycles. The Morgan fingerprint density at radius 1 is 1.09 bits per heavy atom. The number of aromatic nitrogens is 1. The van der Waals surface area contributed by atoms with Crippen LogP contribution in [0.2, 0.25) is 0 Å². The van der Waals surface area contributed by atoms with E-state index in [1.54, 1.807) is 11.0 Å². The predicted molar refractivity (Wildman–Crippen MR) is 127 cm³/mol. The van der Waals surface area contributed by atoms with Gasteiger partial charge < -0.3 is 19.5 Å². The number of carbonyl (C=O) groups is 2. The molecule has 0 unspecified atom stereocenters. The number of carbonyl (C=O) groups excluding carboxylic acids is 2. The highest BCUT2D eigenvalue weighted by molar-refractivity contribution is 5.92. The quantitative estimate of drug-likeness (QED) is 0.697. The molecule has 3 aliphatic rings. The van der Waals surface area contributed by atoms with Gasteiger partial charge in [0, 0.05) is 49.1 Å². The summed E-state index contributed by atoms with van der Waals surface area (Å²) in [4.78, 5) is 26.6. The van der Waals surface area contributed by atoms with E-state index in [2.05, 4.69) is 25.8 Å². The monoisotopic (exact) mass is 480 g/mol. The molecule has 1 N–H and O–H groups in total. The van der Waals surface area contributed by atoms with Gasteiger partial charge in [-0.25, -0.2) is 4.79 Å². The average molecular weight is 481 g/mol. The normalized spacial score (nSPS) is 24.5. The summed E-state index contributed by atoms with van der Waals surface area (Å²) in [5.41, 5.74) is 1.07. The molecule has 1 saturated carbocycles. The number of benzene rings is 1. The lowest BCUT2D eigenvalue weighted by Crippen LogP contribution is -2.58. The summed E-state index contributed by atoms with van der Waals surface area (Å²) in [5, 5.41) is 17.8. The van der Waals surface area contributed by atoms with Crippen molar-refractivity contribution in [3.63, 3.8) is 0 Å².